The van der Waals surface area contributed by atoms with Gasteiger partial charge in [0.2, 0.25) is 5.82 Å². The minimum Gasteiger partial charge on any atom is -0.364 e. The molecule has 17 heavy (non-hydrogen) atoms. The summed E-state index contributed by atoms with van der Waals surface area (Å²) in [5.74, 6) is 1.72. The van der Waals surface area contributed by atoms with Crippen LogP contribution in [0.5, 0.6) is 0 Å². The smallest absolute Gasteiger partial charge is 0.311 e. The Morgan fingerprint density at radius 1 is 1.65 bits per heavy atom. The van der Waals surface area contributed by atoms with Crippen molar-refractivity contribution in [2.75, 3.05) is 11.9 Å². The molecular formula is C12H17N3O2. The maximum atomic E-state index is 10.9. The Morgan fingerprint density at radius 3 is 2.94 bits per heavy atom. The van der Waals surface area contributed by atoms with E-state index in [2.05, 4.69) is 17.2 Å². The zero-order valence-corrected chi connectivity index (χ0v) is 10.1. The molecule has 2 rings (SSSR count). The molecule has 1 aromatic heterocycles. The fourth-order valence-electron chi connectivity index (χ4n) is 1.92. The maximum absolute atomic E-state index is 10.9. The second-order valence-corrected chi connectivity index (χ2v) is 4.83. The number of pyridine rings is 1. The minimum absolute atomic E-state index is 0.0630. The molecule has 0 radical (unpaired) electrons. The van der Waals surface area contributed by atoms with Gasteiger partial charge in [0.15, 0.2) is 0 Å². The molecule has 0 aliphatic heterocycles. The van der Waals surface area contributed by atoms with E-state index < -0.39 is 0 Å². The van der Waals surface area contributed by atoms with Gasteiger partial charge in [-0.25, -0.2) is 4.98 Å². The Labute approximate surface area is 100 Å². The van der Waals surface area contributed by atoms with E-state index in [9.17, 15) is 10.1 Å². The van der Waals surface area contributed by atoms with E-state index in [0.29, 0.717) is 11.7 Å². The van der Waals surface area contributed by atoms with Gasteiger partial charge in [0.1, 0.15) is 0 Å². The molecule has 1 aliphatic carbocycles. The van der Waals surface area contributed by atoms with Gasteiger partial charge in [-0.2, -0.15) is 0 Å². The van der Waals surface area contributed by atoms with E-state index in [-0.39, 0.29) is 10.6 Å². The number of nitrogens with one attached hydrogen (secondary N) is 1. The van der Waals surface area contributed by atoms with Crippen LogP contribution < -0.4 is 5.32 Å². The average Bonchev–Trinajstić information content (AvgIpc) is 3.10. The summed E-state index contributed by atoms with van der Waals surface area (Å²) in [5, 5.41) is 14.0. The quantitative estimate of drug-likeness (QED) is 0.629. The van der Waals surface area contributed by atoms with Crippen LogP contribution in [0.2, 0.25) is 0 Å². The molecule has 1 fully saturated rings. The van der Waals surface area contributed by atoms with Crippen LogP contribution in [0.15, 0.2) is 12.3 Å². The molecule has 92 valence electrons. The maximum Gasteiger partial charge on any atom is 0.311 e. The number of nitro groups is 1. The zero-order valence-electron chi connectivity index (χ0n) is 10.1. The van der Waals surface area contributed by atoms with E-state index in [1.807, 2.05) is 0 Å². The van der Waals surface area contributed by atoms with Crippen molar-refractivity contribution < 1.29 is 4.92 Å². The summed E-state index contributed by atoms with van der Waals surface area (Å²) in [4.78, 5) is 14.6. The molecule has 1 N–H and O–H groups in total. The Balaban J connectivity index is 2.06. The van der Waals surface area contributed by atoms with E-state index in [0.717, 1.165) is 18.0 Å². The largest absolute Gasteiger partial charge is 0.364 e. The van der Waals surface area contributed by atoms with Crippen molar-refractivity contribution in [3.05, 3.63) is 27.9 Å². The summed E-state index contributed by atoms with van der Waals surface area (Å²) in [5.41, 5.74) is 0.866. The van der Waals surface area contributed by atoms with Gasteiger partial charge in [-0.1, -0.05) is 6.92 Å². The lowest BCUT2D eigenvalue weighted by atomic mass is 10.1. The second-order valence-electron chi connectivity index (χ2n) is 4.83. The lowest BCUT2D eigenvalue weighted by molar-refractivity contribution is -0.384. The first-order valence-electron chi connectivity index (χ1n) is 5.93. The summed E-state index contributed by atoms with van der Waals surface area (Å²) in [6, 6.07) is 1.55. The number of hydrogen-bond acceptors (Lipinski definition) is 4. The van der Waals surface area contributed by atoms with Crippen LogP contribution in [0, 0.1) is 28.9 Å². The highest BCUT2D eigenvalue weighted by Crippen LogP contribution is 2.36. The molecule has 0 saturated heterocycles. The van der Waals surface area contributed by atoms with Crippen molar-refractivity contribution in [2.24, 2.45) is 11.8 Å². The van der Waals surface area contributed by atoms with Gasteiger partial charge in [0.25, 0.3) is 0 Å². The normalized spacial score (nSPS) is 16.6. The molecule has 1 unspecified atom stereocenters. The van der Waals surface area contributed by atoms with Gasteiger partial charge in [-0.05, 0) is 37.2 Å². The molecule has 0 amide bonds. The van der Waals surface area contributed by atoms with Crippen molar-refractivity contribution in [1.29, 1.82) is 0 Å². The van der Waals surface area contributed by atoms with Crippen molar-refractivity contribution in [2.45, 2.75) is 26.7 Å². The fourth-order valence-corrected chi connectivity index (χ4v) is 1.92. The molecule has 1 aromatic rings. The third-order valence-electron chi connectivity index (χ3n) is 3.22. The van der Waals surface area contributed by atoms with E-state index in [4.69, 9.17) is 0 Å². The fraction of sp³-hybridized carbons (Fsp3) is 0.583. The summed E-state index contributed by atoms with van der Waals surface area (Å²) in [6.07, 6.45) is 4.22. The molecule has 0 spiro atoms. The van der Waals surface area contributed by atoms with Gasteiger partial charge < -0.3 is 5.32 Å². The predicted molar refractivity (Wildman–Crippen MR) is 66.0 cm³/mol. The van der Waals surface area contributed by atoms with Gasteiger partial charge in [0, 0.05) is 18.8 Å². The molecule has 1 atom stereocenters. The third kappa shape index (κ3) is 2.93. The van der Waals surface area contributed by atoms with E-state index in [1.54, 1.807) is 19.2 Å². The minimum atomic E-state index is -0.385. The van der Waals surface area contributed by atoms with E-state index in [1.165, 1.54) is 12.8 Å². The first-order valence-corrected chi connectivity index (χ1v) is 5.93. The number of nitrogens with zero attached hydrogens (tertiary/aromatic N) is 2. The average molecular weight is 235 g/mol. The van der Waals surface area contributed by atoms with Crippen molar-refractivity contribution in [3.63, 3.8) is 0 Å². The Kier molecular flexibility index (Phi) is 3.26. The highest BCUT2D eigenvalue weighted by molar-refractivity contribution is 5.56. The number of anilines is 1. The standard InChI is InChI=1S/C12H17N3O2/c1-8-5-11(15(16)17)12(13-6-8)14-7-9(2)10-3-4-10/h5-6,9-10H,3-4,7H2,1-2H3,(H,13,14). The molecule has 1 saturated carbocycles. The summed E-state index contributed by atoms with van der Waals surface area (Å²) >= 11 is 0. The Bertz CT molecular complexity index is 430. The van der Waals surface area contributed by atoms with Crippen LogP contribution in [0.3, 0.4) is 0 Å². The zero-order chi connectivity index (χ0) is 12.4. The summed E-state index contributed by atoms with van der Waals surface area (Å²) in [7, 11) is 0. The molecule has 0 aromatic carbocycles. The summed E-state index contributed by atoms with van der Waals surface area (Å²) in [6.45, 7) is 4.73. The SMILES string of the molecule is Cc1cnc(NCC(C)C2CC2)c([N+](=O)[O-])c1. The Hall–Kier alpha value is -1.65. The van der Waals surface area contributed by atoms with E-state index >= 15 is 0 Å². The Morgan fingerprint density at radius 2 is 2.35 bits per heavy atom. The lowest BCUT2D eigenvalue weighted by Gasteiger charge is -2.12. The second kappa shape index (κ2) is 4.69. The highest BCUT2D eigenvalue weighted by atomic mass is 16.6. The third-order valence-corrected chi connectivity index (χ3v) is 3.22. The van der Waals surface area contributed by atoms with Gasteiger partial charge in [0.05, 0.1) is 4.92 Å². The monoisotopic (exact) mass is 235 g/mol. The molecule has 1 heterocycles. The van der Waals surface area contributed by atoms with Crippen molar-refractivity contribution >= 4 is 11.5 Å². The van der Waals surface area contributed by atoms with Crippen LogP contribution in [-0.4, -0.2) is 16.5 Å². The van der Waals surface area contributed by atoms with Crippen LogP contribution in [0.1, 0.15) is 25.3 Å². The summed E-state index contributed by atoms with van der Waals surface area (Å²) < 4.78 is 0. The first-order chi connectivity index (χ1) is 8.08. The molecular weight excluding hydrogens is 218 g/mol. The number of rotatable bonds is 5. The van der Waals surface area contributed by atoms with Crippen LogP contribution in [-0.2, 0) is 0 Å². The van der Waals surface area contributed by atoms with Crippen molar-refractivity contribution in [3.8, 4) is 0 Å². The number of aryl methyl sites for hydroxylation is 1. The molecule has 5 nitrogen and oxygen atoms in total. The van der Waals surface area contributed by atoms with Crippen LogP contribution in [0.4, 0.5) is 11.5 Å². The van der Waals surface area contributed by atoms with Gasteiger partial charge in [-0.15, -0.1) is 0 Å². The lowest BCUT2D eigenvalue weighted by Crippen LogP contribution is -2.14. The predicted octanol–water partition coefficient (Wildman–Crippen LogP) is 2.76. The number of hydrogen-bond donors (Lipinski definition) is 1. The molecule has 5 heteroatoms. The first kappa shape index (κ1) is 11.8. The highest BCUT2D eigenvalue weighted by Gasteiger charge is 2.28. The van der Waals surface area contributed by atoms with Gasteiger partial charge in [-0.3, -0.25) is 10.1 Å². The van der Waals surface area contributed by atoms with Gasteiger partial charge >= 0.3 is 5.69 Å². The molecule has 1 aliphatic rings. The number of aromatic nitrogens is 1. The van der Waals surface area contributed by atoms with Crippen molar-refractivity contribution in [1.82, 2.24) is 4.98 Å². The molecule has 0 bridgehead atoms. The van der Waals surface area contributed by atoms with Crippen LogP contribution in [0.25, 0.3) is 0 Å². The topological polar surface area (TPSA) is 68.1 Å². The van der Waals surface area contributed by atoms with Crippen LogP contribution >= 0.6 is 0 Å².